The van der Waals surface area contributed by atoms with E-state index in [1.807, 2.05) is 6.92 Å². The van der Waals surface area contributed by atoms with Crippen molar-refractivity contribution in [1.29, 1.82) is 0 Å². The van der Waals surface area contributed by atoms with Crippen LogP contribution in [-0.2, 0) is 0 Å². The van der Waals surface area contributed by atoms with E-state index < -0.39 is 6.36 Å². The molecule has 1 saturated heterocycles. The summed E-state index contributed by atoms with van der Waals surface area (Å²) in [5, 5.41) is 2.97. The van der Waals surface area contributed by atoms with Crippen LogP contribution in [0.25, 0.3) is 16.9 Å². The van der Waals surface area contributed by atoms with Crippen molar-refractivity contribution in [3.05, 3.63) is 52.6 Å². The lowest BCUT2D eigenvalue weighted by molar-refractivity contribution is -0.274. The van der Waals surface area contributed by atoms with Gasteiger partial charge in [-0.2, -0.15) is 0 Å². The molecule has 11 heteroatoms. The van der Waals surface area contributed by atoms with Crippen molar-refractivity contribution in [3.8, 4) is 22.7 Å². The molecule has 1 fully saturated rings. The van der Waals surface area contributed by atoms with Crippen LogP contribution in [0.1, 0.15) is 5.69 Å². The van der Waals surface area contributed by atoms with Gasteiger partial charge in [-0.05, 0) is 38.2 Å². The first-order valence-electron chi connectivity index (χ1n) is 9.65. The third kappa shape index (κ3) is 4.71. The van der Waals surface area contributed by atoms with Gasteiger partial charge in [0, 0.05) is 44.0 Å². The van der Waals surface area contributed by atoms with Crippen molar-refractivity contribution < 1.29 is 17.9 Å². The number of halogens is 3. The molecule has 4 rings (SSSR count). The van der Waals surface area contributed by atoms with E-state index in [2.05, 4.69) is 36.7 Å². The first kappa shape index (κ1) is 20.9. The summed E-state index contributed by atoms with van der Waals surface area (Å²) in [7, 11) is 2.07. The summed E-state index contributed by atoms with van der Waals surface area (Å²) in [5.41, 5.74) is 1.92. The van der Waals surface area contributed by atoms with Crippen molar-refractivity contribution in [1.82, 2.24) is 24.6 Å². The van der Waals surface area contributed by atoms with Gasteiger partial charge in [-0.25, -0.2) is 14.6 Å². The lowest BCUT2D eigenvalue weighted by atomic mass is 10.2. The number of nitrogens with zero attached hydrogens (tertiary/aromatic N) is 5. The molecule has 1 aliphatic heterocycles. The molecule has 31 heavy (non-hydrogen) atoms. The van der Waals surface area contributed by atoms with Gasteiger partial charge in [0.1, 0.15) is 5.75 Å². The second-order valence-corrected chi connectivity index (χ2v) is 7.34. The molecule has 0 spiro atoms. The molecule has 164 valence electrons. The Bertz CT molecular complexity index is 1120. The topological polar surface area (TPSA) is 79.3 Å². The summed E-state index contributed by atoms with van der Waals surface area (Å²) < 4.78 is 42.1. The summed E-state index contributed by atoms with van der Waals surface area (Å²) in [6.45, 7) is 5.41. The summed E-state index contributed by atoms with van der Waals surface area (Å²) >= 11 is 0. The van der Waals surface area contributed by atoms with Gasteiger partial charge in [-0.3, -0.25) is 9.89 Å². The van der Waals surface area contributed by atoms with Crippen LogP contribution < -0.4 is 15.2 Å². The van der Waals surface area contributed by atoms with Crippen LogP contribution in [0.2, 0.25) is 0 Å². The lowest BCUT2D eigenvalue weighted by Gasteiger charge is -2.32. The molecular weight excluding hydrogens is 413 g/mol. The summed E-state index contributed by atoms with van der Waals surface area (Å²) in [6.07, 6.45) is -3.10. The van der Waals surface area contributed by atoms with E-state index >= 15 is 0 Å². The number of aryl methyl sites for hydroxylation is 1. The Labute approximate surface area is 175 Å². The number of hydrogen-bond acceptors (Lipinski definition) is 6. The van der Waals surface area contributed by atoms with Gasteiger partial charge in [-0.1, -0.05) is 0 Å². The van der Waals surface area contributed by atoms with Gasteiger partial charge in [0.25, 0.3) is 5.56 Å². The maximum atomic E-state index is 12.5. The maximum absolute atomic E-state index is 12.5. The molecule has 2 aromatic heterocycles. The van der Waals surface area contributed by atoms with Gasteiger partial charge in [0.05, 0.1) is 17.1 Å². The minimum absolute atomic E-state index is 0.359. The van der Waals surface area contributed by atoms with Gasteiger partial charge >= 0.3 is 6.36 Å². The average Bonchev–Trinajstić information content (AvgIpc) is 3.09. The van der Waals surface area contributed by atoms with Crippen LogP contribution in [0, 0.1) is 6.92 Å². The molecule has 0 atom stereocenters. The Kier molecular flexibility index (Phi) is 5.44. The zero-order valence-corrected chi connectivity index (χ0v) is 17.0. The monoisotopic (exact) mass is 434 g/mol. The number of likely N-dealkylation sites (N-methyl/N-ethyl adjacent to an activating group) is 1. The van der Waals surface area contributed by atoms with Gasteiger partial charge in [0.15, 0.2) is 0 Å². The molecule has 3 aromatic rings. The van der Waals surface area contributed by atoms with Crippen LogP contribution in [0.4, 0.5) is 19.1 Å². The van der Waals surface area contributed by atoms with Crippen LogP contribution in [-0.4, -0.2) is 64.2 Å². The normalized spacial score (nSPS) is 15.3. The minimum Gasteiger partial charge on any atom is -0.406 e. The SMILES string of the molecule is Cc1nc(N2CCN(C)CC2)ncc1-c1cc(=O)n(-c2ccc(OC(F)(F)F)cc2)[nH]1. The number of nitrogens with one attached hydrogen (secondary N) is 1. The largest absolute Gasteiger partial charge is 0.573 e. The van der Waals surface area contributed by atoms with E-state index in [1.54, 1.807) is 6.20 Å². The minimum atomic E-state index is -4.77. The number of piperazine rings is 1. The fourth-order valence-corrected chi connectivity index (χ4v) is 3.40. The highest BCUT2D eigenvalue weighted by Gasteiger charge is 2.31. The number of benzene rings is 1. The fraction of sp³-hybridized carbons (Fsp3) is 0.350. The predicted molar refractivity (Wildman–Crippen MR) is 109 cm³/mol. The third-order valence-electron chi connectivity index (χ3n) is 5.09. The predicted octanol–water partition coefficient (Wildman–Crippen LogP) is 2.58. The molecule has 3 heterocycles. The second kappa shape index (κ2) is 8.06. The summed E-state index contributed by atoms with van der Waals surface area (Å²) in [5.74, 6) is 0.288. The Morgan fingerprint density at radius 2 is 1.77 bits per heavy atom. The van der Waals surface area contributed by atoms with Crippen molar-refractivity contribution >= 4 is 5.95 Å². The van der Waals surface area contributed by atoms with E-state index in [0.29, 0.717) is 28.6 Å². The Morgan fingerprint density at radius 3 is 2.39 bits per heavy atom. The summed E-state index contributed by atoms with van der Waals surface area (Å²) in [6, 6.07) is 6.43. The molecule has 1 N–H and O–H groups in total. The highest BCUT2D eigenvalue weighted by atomic mass is 19.4. The highest BCUT2D eigenvalue weighted by Crippen LogP contribution is 2.24. The quantitative estimate of drug-likeness (QED) is 0.680. The number of aromatic nitrogens is 4. The number of ether oxygens (including phenoxy) is 1. The Morgan fingerprint density at radius 1 is 1.10 bits per heavy atom. The van der Waals surface area contributed by atoms with E-state index in [-0.39, 0.29) is 11.3 Å². The van der Waals surface area contributed by atoms with Crippen molar-refractivity contribution in [3.63, 3.8) is 0 Å². The third-order valence-corrected chi connectivity index (χ3v) is 5.09. The van der Waals surface area contributed by atoms with E-state index in [4.69, 9.17) is 0 Å². The van der Waals surface area contributed by atoms with Crippen molar-refractivity contribution in [2.75, 3.05) is 38.1 Å². The first-order valence-corrected chi connectivity index (χ1v) is 9.65. The van der Waals surface area contributed by atoms with E-state index in [0.717, 1.165) is 38.3 Å². The zero-order valence-electron chi connectivity index (χ0n) is 17.0. The molecule has 0 aliphatic carbocycles. The highest BCUT2D eigenvalue weighted by molar-refractivity contribution is 5.61. The van der Waals surface area contributed by atoms with Gasteiger partial charge < -0.3 is 14.5 Å². The number of hydrogen-bond donors (Lipinski definition) is 1. The number of H-pyrrole nitrogens is 1. The standard InChI is InChI=1S/C20H21F3N6O2/c1-13-16(12-24-19(25-13)28-9-7-27(2)8-10-28)17-11-18(30)29(26-17)14-3-5-15(6-4-14)31-20(21,22)23/h3-6,11-12,26H,7-10H2,1-2H3. The maximum Gasteiger partial charge on any atom is 0.573 e. The number of anilines is 1. The smallest absolute Gasteiger partial charge is 0.406 e. The van der Waals surface area contributed by atoms with Gasteiger partial charge in [0.2, 0.25) is 5.95 Å². The number of rotatable bonds is 4. The van der Waals surface area contributed by atoms with Gasteiger partial charge in [-0.15, -0.1) is 13.2 Å². The number of aromatic amines is 1. The van der Waals surface area contributed by atoms with Crippen molar-refractivity contribution in [2.24, 2.45) is 0 Å². The molecule has 8 nitrogen and oxygen atoms in total. The molecule has 0 bridgehead atoms. The number of alkyl halides is 3. The van der Waals surface area contributed by atoms with Crippen LogP contribution in [0.15, 0.2) is 41.3 Å². The molecule has 1 aliphatic rings. The molecule has 0 unspecified atom stereocenters. The van der Waals surface area contributed by atoms with E-state index in [9.17, 15) is 18.0 Å². The average molecular weight is 434 g/mol. The molecule has 0 radical (unpaired) electrons. The lowest BCUT2D eigenvalue weighted by Crippen LogP contribution is -2.45. The second-order valence-electron chi connectivity index (χ2n) is 7.34. The first-order chi connectivity index (χ1) is 14.7. The molecule has 1 aromatic carbocycles. The Balaban J connectivity index is 1.57. The van der Waals surface area contributed by atoms with Crippen LogP contribution in [0.3, 0.4) is 0 Å². The molecular formula is C20H21F3N6O2. The fourth-order valence-electron chi connectivity index (χ4n) is 3.40. The molecule has 0 amide bonds. The van der Waals surface area contributed by atoms with E-state index in [1.165, 1.54) is 22.9 Å². The summed E-state index contributed by atoms with van der Waals surface area (Å²) in [4.78, 5) is 25.9. The van der Waals surface area contributed by atoms with Crippen LogP contribution in [0.5, 0.6) is 5.75 Å². The van der Waals surface area contributed by atoms with Crippen molar-refractivity contribution in [2.45, 2.75) is 13.3 Å². The molecule has 0 saturated carbocycles. The Hall–Kier alpha value is -3.34. The van der Waals surface area contributed by atoms with Crippen LogP contribution >= 0.6 is 0 Å². The zero-order chi connectivity index (χ0) is 22.2.